The summed E-state index contributed by atoms with van der Waals surface area (Å²) in [6.07, 6.45) is 4.36. The molecule has 0 saturated heterocycles. The zero-order chi connectivity index (χ0) is 26.2. The van der Waals surface area contributed by atoms with Crippen LogP contribution in [-0.2, 0) is 22.6 Å². The van der Waals surface area contributed by atoms with E-state index in [4.69, 9.17) is 39.5 Å². The number of carbonyl (C=O) groups excluding carboxylic acids is 2. The Kier molecular flexibility index (Phi) is 9.73. The largest absolute Gasteiger partial charge is 0.482 e. The minimum absolute atomic E-state index is 0.0544. The molecule has 1 fully saturated rings. The molecule has 4 rings (SSSR count). The van der Waals surface area contributed by atoms with Gasteiger partial charge in [0.1, 0.15) is 11.8 Å². The highest BCUT2D eigenvalue weighted by Gasteiger charge is 2.33. The first-order chi connectivity index (χ1) is 17.9. The van der Waals surface area contributed by atoms with Gasteiger partial charge in [-0.05, 0) is 42.7 Å². The van der Waals surface area contributed by atoms with Crippen LogP contribution in [-0.4, -0.2) is 35.4 Å². The van der Waals surface area contributed by atoms with Gasteiger partial charge in [-0.3, -0.25) is 9.59 Å². The van der Waals surface area contributed by atoms with Crippen molar-refractivity contribution >= 4 is 46.6 Å². The average molecular weight is 560 g/mol. The van der Waals surface area contributed by atoms with Gasteiger partial charge >= 0.3 is 0 Å². The number of benzene rings is 3. The molecular weight excluding hydrogens is 531 g/mol. The van der Waals surface area contributed by atoms with Gasteiger partial charge in [-0.25, -0.2) is 0 Å². The van der Waals surface area contributed by atoms with Crippen LogP contribution in [0.15, 0.2) is 72.8 Å². The Balaban J connectivity index is 1.66. The predicted octanol–water partition coefficient (Wildman–Crippen LogP) is 6.72. The number of hydrogen-bond donors (Lipinski definition) is 1. The van der Waals surface area contributed by atoms with Gasteiger partial charge in [-0.1, -0.05) is 96.2 Å². The SMILES string of the molecule is O=C(NC1CCCC1)C(Cc1ccccc1)N(Cc1c(Cl)cccc1Cl)C(=O)COc1ccccc1Cl. The van der Waals surface area contributed by atoms with Gasteiger partial charge < -0.3 is 15.0 Å². The molecule has 0 aliphatic heterocycles. The van der Waals surface area contributed by atoms with Crippen molar-refractivity contribution < 1.29 is 14.3 Å². The third-order valence-corrected chi connectivity index (χ3v) is 7.57. The molecule has 1 N–H and O–H groups in total. The summed E-state index contributed by atoms with van der Waals surface area (Å²) in [4.78, 5) is 28.9. The number of para-hydroxylation sites is 1. The van der Waals surface area contributed by atoms with Gasteiger partial charge in [0.05, 0.1) is 5.02 Å². The predicted molar refractivity (Wildman–Crippen MR) is 148 cm³/mol. The van der Waals surface area contributed by atoms with E-state index in [0.717, 1.165) is 31.2 Å². The summed E-state index contributed by atoms with van der Waals surface area (Å²) < 4.78 is 5.77. The topological polar surface area (TPSA) is 58.6 Å². The lowest BCUT2D eigenvalue weighted by Gasteiger charge is -2.32. The third kappa shape index (κ3) is 7.41. The molecule has 0 radical (unpaired) electrons. The fraction of sp³-hybridized carbons (Fsp3) is 0.310. The van der Waals surface area contributed by atoms with Crippen LogP contribution in [0.3, 0.4) is 0 Å². The van der Waals surface area contributed by atoms with Gasteiger partial charge in [-0.15, -0.1) is 0 Å². The molecule has 1 aliphatic carbocycles. The van der Waals surface area contributed by atoms with Crippen LogP contribution in [0, 0.1) is 0 Å². The standard InChI is InChI=1S/C29H29Cl3N2O3/c30-23-14-8-15-24(31)22(23)18-34(28(35)19-37-27-16-7-6-13-25(27)32)26(17-20-9-2-1-3-10-20)29(36)33-21-11-4-5-12-21/h1-3,6-10,13-16,21,26H,4-5,11-12,17-19H2,(H,33,36). The molecule has 194 valence electrons. The lowest BCUT2D eigenvalue weighted by Crippen LogP contribution is -2.53. The van der Waals surface area contributed by atoms with Crippen LogP contribution in [0.1, 0.15) is 36.8 Å². The maximum atomic E-state index is 13.7. The molecular formula is C29H29Cl3N2O3. The number of ether oxygens (including phenoxy) is 1. The Labute approximate surface area is 232 Å². The van der Waals surface area contributed by atoms with E-state index in [0.29, 0.717) is 32.8 Å². The van der Waals surface area contributed by atoms with Gasteiger partial charge in [0, 0.05) is 34.6 Å². The minimum atomic E-state index is -0.794. The Bertz CT molecular complexity index is 1200. The summed E-state index contributed by atoms with van der Waals surface area (Å²) in [6, 6.07) is 21.1. The molecule has 8 heteroatoms. The number of hydrogen-bond acceptors (Lipinski definition) is 3. The van der Waals surface area contributed by atoms with Crippen molar-refractivity contribution in [3.05, 3.63) is 99.0 Å². The first kappa shape index (κ1) is 27.3. The Hall–Kier alpha value is -2.73. The number of nitrogens with one attached hydrogen (secondary N) is 1. The number of amides is 2. The second kappa shape index (κ2) is 13.2. The second-order valence-electron chi connectivity index (χ2n) is 9.14. The molecule has 1 unspecified atom stereocenters. The molecule has 0 aromatic heterocycles. The van der Waals surface area contributed by atoms with E-state index >= 15 is 0 Å². The molecule has 1 aliphatic rings. The fourth-order valence-electron chi connectivity index (χ4n) is 4.56. The Morgan fingerprint density at radius 3 is 2.16 bits per heavy atom. The normalized spacial score (nSPS) is 14.2. The van der Waals surface area contributed by atoms with Crippen molar-refractivity contribution in [2.24, 2.45) is 0 Å². The molecule has 0 spiro atoms. The average Bonchev–Trinajstić information content (AvgIpc) is 3.40. The first-order valence-electron chi connectivity index (χ1n) is 12.4. The fourth-order valence-corrected chi connectivity index (χ4v) is 5.27. The summed E-state index contributed by atoms with van der Waals surface area (Å²) in [5.41, 5.74) is 1.51. The number of rotatable bonds is 10. The van der Waals surface area contributed by atoms with Crippen LogP contribution in [0.4, 0.5) is 0 Å². The molecule has 3 aromatic rings. The number of halogens is 3. The Morgan fingerprint density at radius 1 is 0.865 bits per heavy atom. The van der Waals surface area contributed by atoms with E-state index in [1.54, 1.807) is 42.5 Å². The zero-order valence-electron chi connectivity index (χ0n) is 20.3. The van der Waals surface area contributed by atoms with E-state index in [9.17, 15) is 9.59 Å². The maximum Gasteiger partial charge on any atom is 0.261 e. The van der Waals surface area contributed by atoms with E-state index in [1.165, 1.54) is 4.90 Å². The van der Waals surface area contributed by atoms with E-state index in [-0.39, 0.29) is 31.0 Å². The quantitative estimate of drug-likeness (QED) is 0.300. The van der Waals surface area contributed by atoms with Gasteiger partial charge in [0.2, 0.25) is 5.91 Å². The molecule has 0 bridgehead atoms. The molecule has 5 nitrogen and oxygen atoms in total. The highest BCUT2D eigenvalue weighted by atomic mass is 35.5. The van der Waals surface area contributed by atoms with E-state index in [2.05, 4.69) is 5.32 Å². The van der Waals surface area contributed by atoms with Crippen molar-refractivity contribution in [2.45, 2.75) is 50.7 Å². The maximum absolute atomic E-state index is 13.7. The molecule has 3 aromatic carbocycles. The summed E-state index contributed by atoms with van der Waals surface area (Å²) in [7, 11) is 0. The monoisotopic (exact) mass is 558 g/mol. The van der Waals surface area contributed by atoms with Crippen molar-refractivity contribution in [3.8, 4) is 5.75 Å². The lowest BCUT2D eigenvalue weighted by atomic mass is 10.0. The van der Waals surface area contributed by atoms with Gasteiger partial charge in [0.15, 0.2) is 6.61 Å². The smallest absolute Gasteiger partial charge is 0.261 e. The van der Waals surface area contributed by atoms with Crippen LogP contribution in [0.5, 0.6) is 5.75 Å². The number of carbonyl (C=O) groups is 2. The summed E-state index contributed by atoms with van der Waals surface area (Å²) in [5, 5.41) is 4.42. The summed E-state index contributed by atoms with van der Waals surface area (Å²) >= 11 is 19.2. The van der Waals surface area contributed by atoms with Crippen LogP contribution >= 0.6 is 34.8 Å². The highest BCUT2D eigenvalue weighted by Crippen LogP contribution is 2.28. The van der Waals surface area contributed by atoms with Crippen molar-refractivity contribution in [3.63, 3.8) is 0 Å². The van der Waals surface area contributed by atoms with Gasteiger partial charge in [0.25, 0.3) is 5.91 Å². The van der Waals surface area contributed by atoms with Crippen molar-refractivity contribution in [1.29, 1.82) is 0 Å². The first-order valence-corrected chi connectivity index (χ1v) is 13.5. The summed E-state index contributed by atoms with van der Waals surface area (Å²) in [6.45, 7) is -0.243. The highest BCUT2D eigenvalue weighted by molar-refractivity contribution is 6.36. The van der Waals surface area contributed by atoms with E-state index in [1.807, 2.05) is 30.3 Å². The van der Waals surface area contributed by atoms with Crippen molar-refractivity contribution in [1.82, 2.24) is 10.2 Å². The molecule has 37 heavy (non-hydrogen) atoms. The molecule has 1 atom stereocenters. The van der Waals surface area contributed by atoms with Crippen LogP contribution in [0.2, 0.25) is 15.1 Å². The zero-order valence-corrected chi connectivity index (χ0v) is 22.6. The van der Waals surface area contributed by atoms with E-state index < -0.39 is 6.04 Å². The molecule has 1 saturated carbocycles. The molecule has 0 heterocycles. The lowest BCUT2D eigenvalue weighted by molar-refractivity contribution is -0.143. The second-order valence-corrected chi connectivity index (χ2v) is 10.4. The van der Waals surface area contributed by atoms with Crippen LogP contribution in [0.25, 0.3) is 0 Å². The van der Waals surface area contributed by atoms with Gasteiger partial charge in [-0.2, -0.15) is 0 Å². The van der Waals surface area contributed by atoms with Crippen molar-refractivity contribution in [2.75, 3.05) is 6.61 Å². The molecule has 2 amide bonds. The third-order valence-electron chi connectivity index (χ3n) is 6.55. The minimum Gasteiger partial charge on any atom is -0.482 e. The summed E-state index contributed by atoms with van der Waals surface area (Å²) in [5.74, 6) is -0.188. The Morgan fingerprint density at radius 2 is 1.49 bits per heavy atom. The number of nitrogens with zero attached hydrogens (tertiary/aromatic N) is 1. The van der Waals surface area contributed by atoms with Crippen LogP contribution < -0.4 is 10.1 Å².